The van der Waals surface area contributed by atoms with E-state index in [1.165, 1.54) is 18.7 Å². The number of anilines is 1. The van der Waals surface area contributed by atoms with E-state index >= 15 is 0 Å². The van der Waals surface area contributed by atoms with E-state index in [2.05, 4.69) is 5.32 Å². The molecule has 0 spiro atoms. The lowest BCUT2D eigenvalue weighted by atomic mass is 10.1. The van der Waals surface area contributed by atoms with Crippen LogP contribution in [-0.2, 0) is 19.1 Å². The van der Waals surface area contributed by atoms with Gasteiger partial charge in [0.25, 0.3) is 6.47 Å². The first-order chi connectivity index (χ1) is 10.5. The topological polar surface area (TPSA) is 92.8 Å². The van der Waals surface area contributed by atoms with Crippen molar-refractivity contribution < 1.29 is 23.9 Å². The highest BCUT2D eigenvalue weighted by atomic mass is 16.5. The van der Waals surface area contributed by atoms with Gasteiger partial charge in [-0.2, -0.15) is 0 Å². The van der Waals surface area contributed by atoms with E-state index in [9.17, 15) is 19.2 Å². The average Bonchev–Trinajstić information content (AvgIpc) is 2.50. The van der Waals surface area contributed by atoms with Crippen molar-refractivity contribution in [3.8, 4) is 0 Å². The molecule has 7 heteroatoms. The summed E-state index contributed by atoms with van der Waals surface area (Å²) in [7, 11) is 0. The number of ketones is 1. The minimum atomic E-state index is -0.668. The van der Waals surface area contributed by atoms with Gasteiger partial charge >= 0.3 is 0 Å². The Morgan fingerprint density at radius 3 is 2.32 bits per heavy atom. The highest BCUT2D eigenvalue weighted by Gasteiger charge is 2.16. The molecule has 118 valence electrons. The van der Waals surface area contributed by atoms with E-state index in [0.717, 1.165) is 0 Å². The molecule has 0 radical (unpaired) electrons. The van der Waals surface area contributed by atoms with Crippen LogP contribution in [0.25, 0.3) is 0 Å². The minimum absolute atomic E-state index is 0.0722. The standard InChI is InChI=1S/C15H18N2O5/c1-11(20)13-3-5-14(6-4-13)17(9-18)8-15(22-10-19)7-16-12(2)21/h3-6,9-10,15H,7-8H2,1-2H3,(H,16,21). The number of nitrogens with one attached hydrogen (secondary N) is 1. The molecule has 0 saturated heterocycles. The highest BCUT2D eigenvalue weighted by Crippen LogP contribution is 2.15. The number of nitrogens with zero attached hydrogens (tertiary/aromatic N) is 1. The Bertz CT molecular complexity index is 541. The minimum Gasteiger partial charge on any atom is -0.461 e. The summed E-state index contributed by atoms with van der Waals surface area (Å²) in [6.45, 7) is 3.25. The molecule has 0 bridgehead atoms. The first-order valence-electron chi connectivity index (χ1n) is 6.64. The van der Waals surface area contributed by atoms with Crippen molar-refractivity contribution in [3.63, 3.8) is 0 Å². The van der Waals surface area contributed by atoms with E-state index < -0.39 is 6.10 Å². The maximum Gasteiger partial charge on any atom is 0.293 e. The third kappa shape index (κ3) is 5.35. The van der Waals surface area contributed by atoms with E-state index in [1.54, 1.807) is 24.3 Å². The number of ether oxygens (including phenoxy) is 1. The van der Waals surface area contributed by atoms with Crippen LogP contribution in [0.4, 0.5) is 5.69 Å². The normalized spacial score (nSPS) is 11.2. The van der Waals surface area contributed by atoms with Crippen LogP contribution in [0.15, 0.2) is 24.3 Å². The molecule has 1 N–H and O–H groups in total. The molecule has 1 rings (SSSR count). The molecule has 1 unspecified atom stereocenters. The predicted octanol–water partition coefficient (Wildman–Crippen LogP) is 0.530. The number of amides is 2. The van der Waals surface area contributed by atoms with E-state index in [-0.39, 0.29) is 31.3 Å². The molecule has 1 atom stereocenters. The van der Waals surface area contributed by atoms with Crippen LogP contribution in [0.1, 0.15) is 24.2 Å². The first-order valence-corrected chi connectivity index (χ1v) is 6.64. The third-order valence-corrected chi connectivity index (χ3v) is 2.96. The number of Topliss-reactive ketones (excluding diaryl/α,β-unsaturated/α-hetero) is 1. The number of benzene rings is 1. The van der Waals surface area contributed by atoms with Gasteiger partial charge in [0.05, 0.1) is 13.1 Å². The van der Waals surface area contributed by atoms with E-state index in [4.69, 9.17) is 4.74 Å². The Morgan fingerprint density at radius 2 is 1.86 bits per heavy atom. The van der Waals surface area contributed by atoms with Crippen molar-refractivity contribution >= 4 is 30.3 Å². The van der Waals surface area contributed by atoms with Crippen LogP contribution < -0.4 is 10.2 Å². The first kappa shape index (κ1) is 17.4. The number of carbonyl (C=O) groups excluding carboxylic acids is 4. The average molecular weight is 306 g/mol. The lowest BCUT2D eigenvalue weighted by Gasteiger charge is -2.23. The molecule has 1 aromatic carbocycles. The van der Waals surface area contributed by atoms with Gasteiger partial charge in [-0.05, 0) is 31.2 Å². The number of hydrogen-bond donors (Lipinski definition) is 1. The zero-order valence-corrected chi connectivity index (χ0v) is 12.4. The van der Waals surface area contributed by atoms with Gasteiger partial charge in [-0.15, -0.1) is 0 Å². The van der Waals surface area contributed by atoms with Gasteiger partial charge < -0.3 is 15.0 Å². The summed E-state index contributed by atoms with van der Waals surface area (Å²) < 4.78 is 4.86. The fourth-order valence-electron chi connectivity index (χ4n) is 1.81. The summed E-state index contributed by atoms with van der Waals surface area (Å²) in [6.07, 6.45) is -0.0726. The van der Waals surface area contributed by atoms with Crippen LogP contribution in [0, 0.1) is 0 Å². The SMILES string of the molecule is CC(=O)NCC(CN(C=O)c1ccc(C(C)=O)cc1)OC=O. The molecule has 0 aromatic heterocycles. The van der Waals surface area contributed by atoms with Gasteiger partial charge in [-0.25, -0.2) is 0 Å². The molecule has 0 fully saturated rings. The Morgan fingerprint density at radius 1 is 1.23 bits per heavy atom. The number of hydrogen-bond acceptors (Lipinski definition) is 5. The highest BCUT2D eigenvalue weighted by molar-refractivity contribution is 5.94. The van der Waals surface area contributed by atoms with Gasteiger partial charge in [-0.1, -0.05) is 0 Å². The molecule has 0 saturated carbocycles. The molecule has 0 heterocycles. The molecular weight excluding hydrogens is 288 g/mol. The van der Waals surface area contributed by atoms with Crippen LogP contribution in [0.3, 0.4) is 0 Å². The van der Waals surface area contributed by atoms with E-state index in [0.29, 0.717) is 17.7 Å². The van der Waals surface area contributed by atoms with Gasteiger partial charge in [0, 0.05) is 18.2 Å². The fraction of sp³-hybridized carbons (Fsp3) is 0.333. The van der Waals surface area contributed by atoms with Crippen molar-refractivity contribution in [2.75, 3.05) is 18.0 Å². The predicted molar refractivity (Wildman–Crippen MR) is 79.5 cm³/mol. The summed E-state index contributed by atoms with van der Waals surface area (Å²) in [5.41, 5.74) is 1.09. The maximum absolute atomic E-state index is 11.2. The molecular formula is C15H18N2O5. The van der Waals surface area contributed by atoms with Crippen molar-refractivity contribution in [1.82, 2.24) is 5.32 Å². The Kier molecular flexibility index (Phi) is 6.75. The van der Waals surface area contributed by atoms with Crippen LogP contribution >= 0.6 is 0 Å². The number of rotatable bonds is 9. The van der Waals surface area contributed by atoms with Crippen LogP contribution in [0.2, 0.25) is 0 Å². The molecule has 2 amide bonds. The molecule has 7 nitrogen and oxygen atoms in total. The smallest absolute Gasteiger partial charge is 0.293 e. The zero-order chi connectivity index (χ0) is 16.5. The summed E-state index contributed by atoms with van der Waals surface area (Å²) in [4.78, 5) is 45.2. The Labute approximate surface area is 128 Å². The van der Waals surface area contributed by atoms with Crippen LogP contribution in [0.5, 0.6) is 0 Å². The fourth-order valence-corrected chi connectivity index (χ4v) is 1.81. The second kappa shape index (κ2) is 8.56. The summed E-state index contributed by atoms with van der Waals surface area (Å²) in [6, 6.07) is 6.47. The summed E-state index contributed by atoms with van der Waals surface area (Å²) in [5, 5.41) is 2.53. The zero-order valence-electron chi connectivity index (χ0n) is 12.4. The van der Waals surface area contributed by atoms with Gasteiger partial charge in [0.2, 0.25) is 12.3 Å². The van der Waals surface area contributed by atoms with Gasteiger partial charge in [0.1, 0.15) is 6.10 Å². The van der Waals surface area contributed by atoms with Crippen molar-refractivity contribution in [2.45, 2.75) is 20.0 Å². The second-order valence-electron chi connectivity index (χ2n) is 4.65. The Hall–Kier alpha value is -2.70. The molecule has 22 heavy (non-hydrogen) atoms. The number of carbonyl (C=O) groups is 4. The van der Waals surface area contributed by atoms with Gasteiger partial charge in [-0.3, -0.25) is 19.2 Å². The maximum atomic E-state index is 11.2. The molecule has 0 aliphatic carbocycles. The second-order valence-corrected chi connectivity index (χ2v) is 4.65. The monoisotopic (exact) mass is 306 g/mol. The lowest BCUT2D eigenvalue weighted by molar-refractivity contribution is -0.134. The molecule has 0 aliphatic rings. The third-order valence-electron chi connectivity index (χ3n) is 2.96. The van der Waals surface area contributed by atoms with Crippen LogP contribution in [-0.4, -0.2) is 43.8 Å². The summed E-state index contributed by atoms with van der Waals surface area (Å²) >= 11 is 0. The van der Waals surface area contributed by atoms with E-state index in [1.807, 2.05) is 0 Å². The summed E-state index contributed by atoms with van der Waals surface area (Å²) in [5.74, 6) is -0.333. The lowest BCUT2D eigenvalue weighted by Crippen LogP contribution is -2.40. The molecule has 1 aromatic rings. The molecule has 0 aliphatic heterocycles. The van der Waals surface area contributed by atoms with Crippen molar-refractivity contribution in [2.24, 2.45) is 0 Å². The largest absolute Gasteiger partial charge is 0.461 e. The Balaban J connectivity index is 2.79. The van der Waals surface area contributed by atoms with Crippen molar-refractivity contribution in [3.05, 3.63) is 29.8 Å². The van der Waals surface area contributed by atoms with Crippen molar-refractivity contribution in [1.29, 1.82) is 0 Å². The van der Waals surface area contributed by atoms with Gasteiger partial charge in [0.15, 0.2) is 5.78 Å². The quantitative estimate of drug-likeness (QED) is 0.530.